The van der Waals surface area contributed by atoms with E-state index in [0.29, 0.717) is 10.9 Å². The van der Waals surface area contributed by atoms with Crippen molar-refractivity contribution in [1.82, 2.24) is 24.4 Å². The normalized spacial score (nSPS) is 17.7. The molecule has 2 aromatic rings. The van der Waals surface area contributed by atoms with Gasteiger partial charge in [0.1, 0.15) is 0 Å². The van der Waals surface area contributed by atoms with Crippen molar-refractivity contribution in [2.45, 2.75) is 24.3 Å². The van der Waals surface area contributed by atoms with Crippen LogP contribution >= 0.6 is 11.8 Å². The van der Waals surface area contributed by atoms with Crippen molar-refractivity contribution < 1.29 is 4.79 Å². The lowest BCUT2D eigenvalue weighted by molar-refractivity contribution is -0.116. The summed E-state index contributed by atoms with van der Waals surface area (Å²) in [5.74, 6) is -0.292. The first kappa shape index (κ1) is 12.7. The van der Waals surface area contributed by atoms with E-state index in [0.717, 1.165) is 4.57 Å². The number of nitrogens with zero attached hydrogens (tertiary/aromatic N) is 4. The van der Waals surface area contributed by atoms with Crippen molar-refractivity contribution in [2.75, 3.05) is 5.43 Å². The minimum absolute atomic E-state index is 0.0426. The summed E-state index contributed by atoms with van der Waals surface area (Å²) in [6, 6.07) is 1.27. The minimum atomic E-state index is -0.636. The number of amides is 1. The molecule has 2 aromatic heterocycles. The molecule has 1 aliphatic heterocycles. The van der Waals surface area contributed by atoms with Gasteiger partial charge in [-0.25, -0.2) is 4.79 Å². The number of hydrogen-bond acceptors (Lipinski definition) is 6. The molecular formula is C10H10N6O3S. The molecule has 1 atom stereocenters. The topological polar surface area (TPSA) is 115 Å². The Morgan fingerprint density at radius 1 is 1.30 bits per heavy atom. The van der Waals surface area contributed by atoms with Crippen LogP contribution in [0.1, 0.15) is 12.6 Å². The highest BCUT2D eigenvalue weighted by molar-refractivity contribution is 8.00. The van der Waals surface area contributed by atoms with Crippen LogP contribution in [0.5, 0.6) is 0 Å². The van der Waals surface area contributed by atoms with Crippen LogP contribution in [0.3, 0.4) is 0 Å². The molecule has 0 radical (unpaired) electrons. The molecule has 3 heterocycles. The third-order valence-corrected chi connectivity index (χ3v) is 3.80. The van der Waals surface area contributed by atoms with E-state index in [1.807, 2.05) is 0 Å². The molecule has 0 saturated carbocycles. The molecule has 1 aliphatic rings. The van der Waals surface area contributed by atoms with E-state index >= 15 is 0 Å². The molecule has 3 rings (SSSR count). The predicted molar refractivity (Wildman–Crippen MR) is 70.7 cm³/mol. The Labute approximate surface area is 116 Å². The number of aromatic amines is 1. The Balaban J connectivity index is 2.22. The summed E-state index contributed by atoms with van der Waals surface area (Å²) in [6.07, 6.45) is 0. The lowest BCUT2D eigenvalue weighted by atomic mass is 10.4. The van der Waals surface area contributed by atoms with Crippen LogP contribution in [0.25, 0.3) is 5.95 Å². The van der Waals surface area contributed by atoms with Crippen molar-refractivity contribution in [3.05, 3.63) is 32.6 Å². The van der Waals surface area contributed by atoms with Gasteiger partial charge in [0.05, 0.1) is 5.25 Å². The highest BCUT2D eigenvalue weighted by Crippen LogP contribution is 2.25. The van der Waals surface area contributed by atoms with E-state index in [-0.39, 0.29) is 17.1 Å². The predicted octanol–water partition coefficient (Wildman–Crippen LogP) is -1.01. The monoisotopic (exact) mass is 294 g/mol. The van der Waals surface area contributed by atoms with Crippen LogP contribution in [0, 0.1) is 6.92 Å². The Kier molecular flexibility index (Phi) is 2.74. The quantitative estimate of drug-likeness (QED) is 0.696. The largest absolute Gasteiger partial charge is 0.335 e. The van der Waals surface area contributed by atoms with Gasteiger partial charge in [-0.15, -0.1) is 10.2 Å². The van der Waals surface area contributed by atoms with Crippen LogP contribution < -0.4 is 16.7 Å². The number of thioether (sulfide) groups is 1. The average molecular weight is 294 g/mol. The third kappa shape index (κ3) is 1.84. The van der Waals surface area contributed by atoms with Gasteiger partial charge < -0.3 is 4.98 Å². The highest BCUT2D eigenvalue weighted by Gasteiger charge is 2.28. The Morgan fingerprint density at radius 3 is 2.75 bits per heavy atom. The van der Waals surface area contributed by atoms with Crippen LogP contribution in [0.2, 0.25) is 0 Å². The van der Waals surface area contributed by atoms with Gasteiger partial charge in [0, 0.05) is 11.8 Å². The first-order chi connectivity index (χ1) is 9.47. The van der Waals surface area contributed by atoms with Gasteiger partial charge in [0.2, 0.25) is 5.16 Å². The fourth-order valence-electron chi connectivity index (χ4n) is 1.79. The molecule has 0 spiro atoms. The second-order valence-electron chi connectivity index (χ2n) is 4.29. The zero-order chi connectivity index (χ0) is 14.4. The van der Waals surface area contributed by atoms with Crippen LogP contribution in [0.15, 0.2) is 20.8 Å². The number of rotatable bonds is 1. The van der Waals surface area contributed by atoms with Crippen molar-refractivity contribution in [2.24, 2.45) is 0 Å². The zero-order valence-corrected chi connectivity index (χ0v) is 11.4. The van der Waals surface area contributed by atoms with Crippen LogP contribution in [-0.2, 0) is 4.79 Å². The number of nitrogens with one attached hydrogen (secondary N) is 2. The SMILES string of the molecule is Cc1cc(=O)n(-c2nnc3n2NC(=O)C(C)S3)c(=O)[nH]1. The van der Waals surface area contributed by atoms with Gasteiger partial charge in [0.15, 0.2) is 0 Å². The molecule has 0 saturated heterocycles. The zero-order valence-electron chi connectivity index (χ0n) is 10.6. The Bertz CT molecular complexity index is 788. The number of carbonyl (C=O) groups is 1. The van der Waals surface area contributed by atoms with E-state index in [2.05, 4.69) is 20.6 Å². The van der Waals surface area contributed by atoms with Crippen LogP contribution in [0.4, 0.5) is 0 Å². The molecule has 0 fully saturated rings. The summed E-state index contributed by atoms with van der Waals surface area (Å²) in [7, 11) is 0. The van der Waals surface area contributed by atoms with Crippen LogP contribution in [-0.4, -0.2) is 35.6 Å². The average Bonchev–Trinajstić information content (AvgIpc) is 2.72. The van der Waals surface area contributed by atoms with Gasteiger partial charge in [-0.1, -0.05) is 11.8 Å². The first-order valence-electron chi connectivity index (χ1n) is 5.73. The third-order valence-electron chi connectivity index (χ3n) is 2.76. The summed E-state index contributed by atoms with van der Waals surface area (Å²) in [5.41, 5.74) is 1.81. The first-order valence-corrected chi connectivity index (χ1v) is 6.61. The second kappa shape index (κ2) is 4.34. The number of aryl methyl sites for hydroxylation is 1. The lowest BCUT2D eigenvalue weighted by Gasteiger charge is -2.19. The molecule has 1 amide bonds. The van der Waals surface area contributed by atoms with E-state index in [9.17, 15) is 14.4 Å². The summed E-state index contributed by atoms with van der Waals surface area (Å²) < 4.78 is 2.05. The standard InChI is InChI=1S/C10H10N6O3S/c1-4-3-6(17)15(9(19)11-4)8-12-13-10-16(8)14-7(18)5(2)20-10/h3,5H,1-2H3,(H,11,19)(H,14,18). The summed E-state index contributed by atoms with van der Waals surface area (Å²) in [4.78, 5) is 38.0. The van der Waals surface area contributed by atoms with E-state index in [4.69, 9.17) is 0 Å². The second-order valence-corrected chi connectivity index (χ2v) is 5.59. The van der Waals surface area contributed by atoms with E-state index < -0.39 is 11.2 Å². The fraction of sp³-hybridized carbons (Fsp3) is 0.300. The molecule has 104 valence electrons. The molecule has 9 nitrogen and oxygen atoms in total. The van der Waals surface area contributed by atoms with E-state index in [1.54, 1.807) is 13.8 Å². The number of carbonyl (C=O) groups excluding carboxylic acids is 1. The number of hydrogen-bond donors (Lipinski definition) is 2. The van der Waals surface area contributed by atoms with Gasteiger partial charge in [-0.3, -0.25) is 15.0 Å². The Hall–Kier alpha value is -2.36. The Morgan fingerprint density at radius 2 is 2.05 bits per heavy atom. The summed E-state index contributed by atoms with van der Waals surface area (Å²) >= 11 is 1.20. The lowest BCUT2D eigenvalue weighted by Crippen LogP contribution is -2.40. The molecule has 2 N–H and O–H groups in total. The summed E-state index contributed by atoms with van der Waals surface area (Å²) in [6.45, 7) is 3.33. The highest BCUT2D eigenvalue weighted by atomic mass is 32.2. The number of fused-ring (bicyclic) bond motifs is 1. The molecular weight excluding hydrogens is 284 g/mol. The maximum absolute atomic E-state index is 11.9. The minimum Gasteiger partial charge on any atom is -0.311 e. The smallest absolute Gasteiger partial charge is 0.311 e. The number of aromatic nitrogens is 5. The maximum Gasteiger partial charge on any atom is 0.335 e. The fourth-order valence-corrected chi connectivity index (χ4v) is 2.59. The van der Waals surface area contributed by atoms with Crippen molar-refractivity contribution in [3.8, 4) is 5.95 Å². The summed E-state index contributed by atoms with van der Waals surface area (Å²) in [5, 5.41) is 7.78. The van der Waals surface area contributed by atoms with E-state index in [1.165, 1.54) is 22.5 Å². The maximum atomic E-state index is 11.9. The molecule has 0 aliphatic carbocycles. The van der Waals surface area contributed by atoms with Gasteiger partial charge >= 0.3 is 5.69 Å². The molecule has 0 bridgehead atoms. The van der Waals surface area contributed by atoms with Gasteiger partial charge in [0.25, 0.3) is 17.4 Å². The van der Waals surface area contributed by atoms with Crippen molar-refractivity contribution >= 4 is 17.7 Å². The number of H-pyrrole nitrogens is 1. The molecule has 20 heavy (non-hydrogen) atoms. The molecule has 10 heteroatoms. The molecule has 0 aromatic carbocycles. The van der Waals surface area contributed by atoms with Crippen molar-refractivity contribution in [3.63, 3.8) is 0 Å². The van der Waals surface area contributed by atoms with Crippen molar-refractivity contribution in [1.29, 1.82) is 0 Å². The van der Waals surface area contributed by atoms with Gasteiger partial charge in [-0.2, -0.15) is 9.24 Å². The van der Waals surface area contributed by atoms with Gasteiger partial charge in [-0.05, 0) is 13.8 Å². The molecule has 1 unspecified atom stereocenters.